The van der Waals surface area contributed by atoms with Crippen LogP contribution >= 0.6 is 11.8 Å². The zero-order valence-corrected chi connectivity index (χ0v) is 19.4. The normalized spacial score (nSPS) is 10.8. The van der Waals surface area contributed by atoms with Crippen molar-refractivity contribution < 1.29 is 9.53 Å². The van der Waals surface area contributed by atoms with E-state index in [0.29, 0.717) is 34.0 Å². The fraction of sp³-hybridized carbons (Fsp3) is 0.192. The number of rotatable bonds is 8. The molecule has 1 aromatic heterocycles. The molecule has 0 aliphatic rings. The standard InChI is InChI=1S/C26H25N3O3S/c1-18-9-3-4-10-19(18)15-16-27-24(30)17-33-26-28-21-12-6-5-11-20(21)25(31)29(26)22-13-7-8-14-23(22)32-2/h3-14H,15-17H2,1-2H3,(H,27,30). The molecule has 4 aromatic rings. The Morgan fingerprint density at radius 1 is 1.03 bits per heavy atom. The Labute approximate surface area is 196 Å². The number of amides is 1. The van der Waals surface area contributed by atoms with Crippen LogP contribution in [-0.2, 0) is 11.2 Å². The Morgan fingerprint density at radius 2 is 1.76 bits per heavy atom. The van der Waals surface area contributed by atoms with Crippen LogP contribution in [0.4, 0.5) is 0 Å². The second-order valence-corrected chi connectivity index (χ2v) is 8.48. The van der Waals surface area contributed by atoms with Crippen molar-refractivity contribution in [1.29, 1.82) is 0 Å². The molecule has 0 saturated heterocycles. The molecular weight excluding hydrogens is 434 g/mol. The molecular formula is C26H25N3O3S. The number of carbonyl (C=O) groups excluding carboxylic acids is 1. The first-order valence-electron chi connectivity index (χ1n) is 10.7. The first-order valence-corrected chi connectivity index (χ1v) is 11.7. The summed E-state index contributed by atoms with van der Waals surface area (Å²) in [5, 5.41) is 3.91. The molecule has 0 unspecified atom stereocenters. The van der Waals surface area contributed by atoms with Gasteiger partial charge in [-0.2, -0.15) is 0 Å². The van der Waals surface area contributed by atoms with Crippen molar-refractivity contribution in [2.45, 2.75) is 18.5 Å². The molecule has 0 spiro atoms. The minimum Gasteiger partial charge on any atom is -0.495 e. The molecule has 0 saturated carbocycles. The summed E-state index contributed by atoms with van der Waals surface area (Å²) >= 11 is 1.23. The molecule has 0 radical (unpaired) electrons. The Bertz CT molecular complexity index is 1350. The Morgan fingerprint density at radius 3 is 2.58 bits per heavy atom. The summed E-state index contributed by atoms with van der Waals surface area (Å²) in [6, 6.07) is 22.6. The Kier molecular flexibility index (Phi) is 7.10. The van der Waals surface area contributed by atoms with Gasteiger partial charge in [0, 0.05) is 6.54 Å². The predicted octanol–water partition coefficient (Wildman–Crippen LogP) is 4.15. The number of aryl methyl sites for hydroxylation is 1. The van der Waals surface area contributed by atoms with Crippen LogP contribution < -0.4 is 15.6 Å². The quantitative estimate of drug-likeness (QED) is 0.317. The molecule has 6 nitrogen and oxygen atoms in total. The summed E-state index contributed by atoms with van der Waals surface area (Å²) in [6.45, 7) is 2.62. The van der Waals surface area contributed by atoms with E-state index in [1.165, 1.54) is 27.5 Å². The first-order chi connectivity index (χ1) is 16.1. The molecule has 7 heteroatoms. The van der Waals surface area contributed by atoms with Crippen molar-refractivity contribution in [3.05, 3.63) is 94.3 Å². The maximum Gasteiger partial charge on any atom is 0.266 e. The second-order valence-electron chi connectivity index (χ2n) is 7.54. The molecule has 0 aliphatic carbocycles. The fourth-order valence-corrected chi connectivity index (χ4v) is 4.48. The minimum absolute atomic E-state index is 0.109. The van der Waals surface area contributed by atoms with Gasteiger partial charge in [0.1, 0.15) is 5.75 Å². The van der Waals surface area contributed by atoms with Crippen LogP contribution in [0.2, 0.25) is 0 Å². The highest BCUT2D eigenvalue weighted by atomic mass is 32.2. The van der Waals surface area contributed by atoms with Crippen LogP contribution in [0.3, 0.4) is 0 Å². The van der Waals surface area contributed by atoms with Gasteiger partial charge in [-0.25, -0.2) is 4.98 Å². The zero-order chi connectivity index (χ0) is 23.2. The van der Waals surface area contributed by atoms with Crippen LogP contribution in [-0.4, -0.2) is 34.9 Å². The van der Waals surface area contributed by atoms with Crippen LogP contribution in [0.15, 0.2) is 82.7 Å². The van der Waals surface area contributed by atoms with Gasteiger partial charge in [-0.3, -0.25) is 14.2 Å². The van der Waals surface area contributed by atoms with Gasteiger partial charge in [0.15, 0.2) is 5.16 Å². The minimum atomic E-state index is -0.201. The number of aromatic nitrogens is 2. The van der Waals surface area contributed by atoms with Gasteiger partial charge >= 0.3 is 0 Å². The van der Waals surface area contributed by atoms with Crippen LogP contribution in [0.1, 0.15) is 11.1 Å². The maximum atomic E-state index is 13.4. The summed E-state index contributed by atoms with van der Waals surface area (Å²) in [6.07, 6.45) is 0.767. The van der Waals surface area contributed by atoms with Crippen molar-refractivity contribution in [3.8, 4) is 11.4 Å². The smallest absolute Gasteiger partial charge is 0.266 e. The lowest BCUT2D eigenvalue weighted by molar-refractivity contribution is -0.118. The third-order valence-electron chi connectivity index (χ3n) is 5.38. The van der Waals surface area contributed by atoms with E-state index in [1.807, 2.05) is 42.5 Å². The predicted molar refractivity (Wildman–Crippen MR) is 133 cm³/mol. The molecule has 0 fully saturated rings. The largest absolute Gasteiger partial charge is 0.495 e. The molecule has 1 N–H and O–H groups in total. The molecule has 1 amide bonds. The van der Waals surface area contributed by atoms with E-state index in [-0.39, 0.29) is 17.2 Å². The molecule has 0 bridgehead atoms. The number of nitrogens with zero attached hydrogens (tertiary/aromatic N) is 2. The second kappa shape index (κ2) is 10.4. The number of hydrogen-bond donors (Lipinski definition) is 1. The molecule has 1 heterocycles. The SMILES string of the molecule is COc1ccccc1-n1c(SCC(=O)NCCc2ccccc2C)nc2ccccc2c1=O. The Balaban J connectivity index is 1.56. The van der Waals surface area contributed by atoms with Crippen LogP contribution in [0.5, 0.6) is 5.75 Å². The molecule has 4 rings (SSSR count). The number of para-hydroxylation sites is 3. The lowest BCUT2D eigenvalue weighted by atomic mass is 10.1. The van der Waals surface area contributed by atoms with E-state index in [1.54, 1.807) is 25.3 Å². The third kappa shape index (κ3) is 5.09. The van der Waals surface area contributed by atoms with Gasteiger partial charge in [-0.15, -0.1) is 0 Å². The number of benzene rings is 3. The maximum absolute atomic E-state index is 13.4. The number of methoxy groups -OCH3 is 1. The van der Waals surface area contributed by atoms with Crippen LogP contribution in [0, 0.1) is 6.92 Å². The lowest BCUT2D eigenvalue weighted by Gasteiger charge is -2.15. The lowest BCUT2D eigenvalue weighted by Crippen LogP contribution is -2.28. The van der Waals surface area contributed by atoms with Gasteiger partial charge in [0.05, 0.1) is 29.5 Å². The highest BCUT2D eigenvalue weighted by Gasteiger charge is 2.17. The number of fused-ring (bicyclic) bond motifs is 1. The number of thioether (sulfide) groups is 1. The van der Waals surface area contributed by atoms with Gasteiger partial charge in [0.2, 0.25) is 5.91 Å². The molecule has 168 valence electrons. The van der Waals surface area contributed by atoms with Gasteiger partial charge in [0.25, 0.3) is 5.56 Å². The Hall–Kier alpha value is -3.58. The van der Waals surface area contributed by atoms with Crippen molar-refractivity contribution in [2.24, 2.45) is 0 Å². The summed E-state index contributed by atoms with van der Waals surface area (Å²) < 4.78 is 7.00. The summed E-state index contributed by atoms with van der Waals surface area (Å²) in [7, 11) is 1.56. The van der Waals surface area contributed by atoms with E-state index in [9.17, 15) is 9.59 Å². The molecule has 0 aliphatic heterocycles. The summed E-state index contributed by atoms with van der Waals surface area (Å²) in [4.78, 5) is 30.6. The van der Waals surface area contributed by atoms with Crippen molar-refractivity contribution in [3.63, 3.8) is 0 Å². The number of nitrogens with one attached hydrogen (secondary N) is 1. The van der Waals surface area contributed by atoms with Crippen molar-refractivity contribution >= 4 is 28.6 Å². The number of hydrogen-bond acceptors (Lipinski definition) is 5. The van der Waals surface area contributed by atoms with Gasteiger partial charge < -0.3 is 10.1 Å². The average Bonchev–Trinajstić information content (AvgIpc) is 2.84. The van der Waals surface area contributed by atoms with E-state index < -0.39 is 0 Å². The topological polar surface area (TPSA) is 73.2 Å². The summed E-state index contributed by atoms with van der Waals surface area (Å²) in [5.41, 5.74) is 3.41. The van der Waals surface area contributed by atoms with E-state index >= 15 is 0 Å². The monoisotopic (exact) mass is 459 g/mol. The average molecular weight is 460 g/mol. The van der Waals surface area contributed by atoms with Crippen LogP contribution in [0.25, 0.3) is 16.6 Å². The van der Waals surface area contributed by atoms with E-state index in [4.69, 9.17) is 4.74 Å². The highest BCUT2D eigenvalue weighted by molar-refractivity contribution is 7.99. The van der Waals surface area contributed by atoms with E-state index in [2.05, 4.69) is 29.4 Å². The fourth-order valence-electron chi connectivity index (χ4n) is 3.64. The van der Waals surface area contributed by atoms with Crippen molar-refractivity contribution in [1.82, 2.24) is 14.9 Å². The van der Waals surface area contributed by atoms with Gasteiger partial charge in [-0.1, -0.05) is 60.3 Å². The number of carbonyl (C=O) groups is 1. The molecule has 3 aromatic carbocycles. The molecule has 0 atom stereocenters. The molecule has 33 heavy (non-hydrogen) atoms. The van der Waals surface area contributed by atoms with Gasteiger partial charge in [-0.05, 0) is 48.7 Å². The first kappa shape index (κ1) is 22.6. The zero-order valence-electron chi connectivity index (χ0n) is 18.6. The third-order valence-corrected chi connectivity index (χ3v) is 6.32. The highest BCUT2D eigenvalue weighted by Crippen LogP contribution is 2.27. The number of ether oxygens (including phenoxy) is 1. The summed E-state index contributed by atoms with van der Waals surface area (Å²) in [5.74, 6) is 0.594. The van der Waals surface area contributed by atoms with Crippen molar-refractivity contribution in [2.75, 3.05) is 19.4 Å². The van der Waals surface area contributed by atoms with E-state index in [0.717, 1.165) is 6.42 Å².